The third kappa shape index (κ3) is 5.08. The highest BCUT2D eigenvalue weighted by molar-refractivity contribution is 7.94. The largest absolute Gasteiger partial charge is 0.481 e. The fourth-order valence-corrected chi connectivity index (χ4v) is 3.92. The maximum absolute atomic E-state index is 12.8. The Bertz CT molecular complexity index is 1050. The lowest BCUT2D eigenvalue weighted by Crippen LogP contribution is -2.43. The number of aromatic nitrogens is 2. The van der Waals surface area contributed by atoms with Crippen LogP contribution < -0.4 is 19.5 Å². The topological polar surface area (TPSA) is 157 Å². The van der Waals surface area contributed by atoms with Crippen molar-refractivity contribution in [3.05, 3.63) is 34.3 Å². The van der Waals surface area contributed by atoms with Crippen LogP contribution in [0.15, 0.2) is 34.3 Å². The number of sulfonamides is 1. The molecule has 30 heavy (non-hydrogen) atoms. The van der Waals surface area contributed by atoms with E-state index >= 15 is 0 Å². The number of hydrogen-bond donors (Lipinski definition) is 2. The maximum atomic E-state index is 12.8. The molecule has 0 bridgehead atoms. The van der Waals surface area contributed by atoms with Crippen molar-refractivity contribution < 1.29 is 32.3 Å². The first-order valence-corrected chi connectivity index (χ1v) is 9.74. The number of anilines is 1. The van der Waals surface area contributed by atoms with Crippen molar-refractivity contribution >= 4 is 34.2 Å². The van der Waals surface area contributed by atoms with Gasteiger partial charge in [-0.05, 0) is 26.2 Å². The van der Waals surface area contributed by atoms with Crippen molar-refractivity contribution in [2.45, 2.75) is 6.04 Å². The number of rotatable bonds is 7. The Labute approximate surface area is 172 Å². The van der Waals surface area contributed by atoms with Crippen LogP contribution in [0, 0.1) is 0 Å². The van der Waals surface area contributed by atoms with E-state index in [9.17, 15) is 22.8 Å². The summed E-state index contributed by atoms with van der Waals surface area (Å²) in [7, 11) is 1.26. The molecule has 0 radical (unpaired) electrons. The molecule has 2 N–H and O–H groups in total. The number of amides is 2. The van der Waals surface area contributed by atoms with E-state index in [4.69, 9.17) is 9.47 Å². The van der Waals surface area contributed by atoms with E-state index in [1.807, 2.05) is 0 Å². The summed E-state index contributed by atoms with van der Waals surface area (Å²) in [6, 6.07) is -0.873. The van der Waals surface area contributed by atoms with Gasteiger partial charge in [-0.1, -0.05) is 0 Å². The van der Waals surface area contributed by atoms with Crippen molar-refractivity contribution in [2.75, 3.05) is 33.6 Å². The highest BCUT2D eigenvalue weighted by Crippen LogP contribution is 2.27. The summed E-state index contributed by atoms with van der Waals surface area (Å²) in [5, 5.41) is 2.16. The fourth-order valence-electron chi connectivity index (χ4n) is 2.58. The van der Waals surface area contributed by atoms with Crippen LogP contribution in [0.4, 0.5) is 10.7 Å². The van der Waals surface area contributed by atoms with Crippen LogP contribution in [0.3, 0.4) is 0 Å². The number of allylic oxidation sites excluding steroid dienone is 2. The molecule has 1 aromatic rings. The molecule has 1 aliphatic carbocycles. The first-order valence-electron chi connectivity index (χ1n) is 8.26. The summed E-state index contributed by atoms with van der Waals surface area (Å²) >= 11 is 0. The number of nitrogens with one attached hydrogen (secondary N) is 2. The van der Waals surface area contributed by atoms with E-state index < -0.39 is 22.1 Å². The molecule has 1 aliphatic rings. The molecule has 1 aromatic heterocycles. The minimum Gasteiger partial charge on any atom is -0.481 e. The Morgan fingerprint density at radius 2 is 1.80 bits per heavy atom. The highest BCUT2D eigenvalue weighted by atomic mass is 32.2. The second-order valence-corrected chi connectivity index (χ2v) is 7.75. The van der Waals surface area contributed by atoms with Crippen LogP contribution in [0.25, 0.3) is 0 Å². The highest BCUT2D eigenvalue weighted by Gasteiger charge is 2.35. The van der Waals surface area contributed by atoms with Crippen LogP contribution in [-0.2, 0) is 19.6 Å². The van der Waals surface area contributed by atoms with E-state index in [1.165, 1.54) is 45.4 Å². The quantitative estimate of drug-likeness (QED) is 0.427. The molecule has 13 heteroatoms. The molecule has 0 aliphatic heterocycles. The van der Waals surface area contributed by atoms with Crippen LogP contribution in [0.1, 0.15) is 0 Å². The molecule has 0 aromatic carbocycles. The zero-order valence-electron chi connectivity index (χ0n) is 16.5. The monoisotopic (exact) mass is 437 g/mol. The van der Waals surface area contributed by atoms with E-state index in [0.29, 0.717) is 6.29 Å². The summed E-state index contributed by atoms with van der Waals surface area (Å²) in [4.78, 5) is 43.5. The predicted octanol–water partition coefficient (Wildman–Crippen LogP) is -0.344. The van der Waals surface area contributed by atoms with Gasteiger partial charge in [-0.3, -0.25) is 15.0 Å². The van der Waals surface area contributed by atoms with Gasteiger partial charge in [0.15, 0.2) is 0 Å². The van der Waals surface area contributed by atoms with E-state index in [1.54, 1.807) is 10.7 Å². The first kappa shape index (κ1) is 22.7. The summed E-state index contributed by atoms with van der Waals surface area (Å²) in [5.41, 5.74) is -0.139. The number of nitrogens with zero attached hydrogens (tertiary/aromatic N) is 3. The average Bonchev–Trinajstić information content (AvgIpc) is 2.71. The summed E-state index contributed by atoms with van der Waals surface area (Å²) in [6.45, 7) is 0. The van der Waals surface area contributed by atoms with Crippen LogP contribution in [0.5, 0.6) is 11.8 Å². The zero-order valence-corrected chi connectivity index (χ0v) is 17.3. The smallest absolute Gasteiger partial charge is 0.335 e. The third-order valence-electron chi connectivity index (χ3n) is 3.83. The lowest BCUT2D eigenvalue weighted by atomic mass is 9.98. The molecule has 2 amide bonds. The summed E-state index contributed by atoms with van der Waals surface area (Å²) in [6.07, 6.45) is 2.68. The van der Waals surface area contributed by atoms with Gasteiger partial charge in [0.05, 0.1) is 36.8 Å². The minimum atomic E-state index is -4.47. The molecular formula is C17H19N5O7S. The van der Waals surface area contributed by atoms with Gasteiger partial charge in [-0.15, -0.1) is 0 Å². The Hall–Kier alpha value is -3.54. The Morgan fingerprint density at radius 3 is 2.27 bits per heavy atom. The lowest BCUT2D eigenvalue weighted by molar-refractivity contribution is -0.104. The van der Waals surface area contributed by atoms with Gasteiger partial charge in [0.25, 0.3) is 10.0 Å². The molecule has 12 nitrogen and oxygen atoms in total. The third-order valence-corrected chi connectivity index (χ3v) is 5.24. The minimum absolute atomic E-state index is 0.0619. The molecule has 0 saturated carbocycles. The molecule has 2 rings (SSSR count). The normalized spacial score (nSPS) is 16.2. The van der Waals surface area contributed by atoms with Crippen molar-refractivity contribution in [2.24, 2.45) is 0 Å². The Morgan fingerprint density at radius 1 is 1.20 bits per heavy atom. The van der Waals surface area contributed by atoms with Gasteiger partial charge in [0.1, 0.15) is 12.2 Å². The summed E-state index contributed by atoms with van der Waals surface area (Å²) < 4.78 is 37.4. The number of urea groups is 1. The van der Waals surface area contributed by atoms with Crippen molar-refractivity contribution in [1.29, 1.82) is 0 Å². The van der Waals surface area contributed by atoms with Gasteiger partial charge in [-0.25, -0.2) is 22.7 Å². The SMILES string of the molecule is COc1cc(OC)nc(NC(=O)NS(=O)(=O)C2=CC(C=O)=CC(=C=O)C2N(C)C)n1. The van der Waals surface area contributed by atoms with Gasteiger partial charge in [0, 0.05) is 5.57 Å². The number of likely N-dealkylation sites (N-methyl/N-ethyl adjacent to an activating group) is 1. The number of carbonyl (C=O) groups is 2. The Balaban J connectivity index is 2.33. The number of hydrogen-bond acceptors (Lipinski definition) is 10. The molecule has 160 valence electrons. The van der Waals surface area contributed by atoms with E-state index in [-0.39, 0.29) is 33.8 Å². The molecule has 0 spiro atoms. The van der Waals surface area contributed by atoms with E-state index in [0.717, 1.165) is 6.08 Å². The zero-order chi connectivity index (χ0) is 22.5. The first-order chi connectivity index (χ1) is 14.1. The van der Waals surface area contributed by atoms with Crippen molar-refractivity contribution in [3.8, 4) is 11.8 Å². The standard InChI is InChI=1S/C17H19N5O7S/c1-22(2)15-11(9-24)5-10(8-23)6-12(15)30(26,27)21-17(25)20-16-18-13(28-3)7-14(19-16)29-4/h5-8,15H,1-4H3,(H2,18,19,20,21,25). The molecule has 0 saturated heterocycles. The number of ether oxygens (including phenoxy) is 2. The van der Waals surface area contributed by atoms with Gasteiger partial charge in [-0.2, -0.15) is 9.97 Å². The second-order valence-electron chi connectivity index (χ2n) is 6.07. The molecule has 1 unspecified atom stereocenters. The van der Waals surface area contributed by atoms with Gasteiger partial charge in [0.2, 0.25) is 17.7 Å². The molecule has 0 fully saturated rings. The fraction of sp³-hybridized carbons (Fsp3) is 0.294. The van der Waals surface area contributed by atoms with Crippen LogP contribution in [0.2, 0.25) is 0 Å². The van der Waals surface area contributed by atoms with E-state index in [2.05, 4.69) is 15.3 Å². The molecule has 1 heterocycles. The molecule has 1 atom stereocenters. The number of carbonyl (C=O) groups excluding carboxylic acids is 3. The molecular weight excluding hydrogens is 418 g/mol. The number of methoxy groups -OCH3 is 2. The average molecular weight is 437 g/mol. The number of aldehydes is 1. The van der Waals surface area contributed by atoms with Gasteiger partial charge < -0.3 is 9.47 Å². The van der Waals surface area contributed by atoms with Gasteiger partial charge >= 0.3 is 6.03 Å². The van der Waals surface area contributed by atoms with Crippen LogP contribution in [-0.4, -0.2) is 75.9 Å². The second kappa shape index (κ2) is 9.31. The summed E-state index contributed by atoms with van der Waals surface area (Å²) in [5.74, 6) is 1.50. The van der Waals surface area contributed by atoms with Crippen LogP contribution >= 0.6 is 0 Å². The maximum Gasteiger partial charge on any atom is 0.335 e. The van der Waals surface area contributed by atoms with Crippen molar-refractivity contribution in [1.82, 2.24) is 19.6 Å². The van der Waals surface area contributed by atoms with Crippen molar-refractivity contribution in [3.63, 3.8) is 0 Å². The lowest BCUT2D eigenvalue weighted by Gasteiger charge is -2.28. The predicted molar refractivity (Wildman–Crippen MR) is 105 cm³/mol. The Kier molecular flexibility index (Phi) is 7.06.